The average molecular weight is 249 g/mol. The number of likely N-dealkylation sites (N-methyl/N-ethyl adjacent to an activating group) is 1. The molecule has 7 nitrogen and oxygen atoms in total. The summed E-state index contributed by atoms with van der Waals surface area (Å²) in [5.41, 5.74) is 0. The van der Waals surface area contributed by atoms with Gasteiger partial charge in [-0.2, -0.15) is 0 Å². The highest BCUT2D eigenvalue weighted by molar-refractivity contribution is 5.75. The van der Waals surface area contributed by atoms with Crippen LogP contribution in [0, 0.1) is 0 Å². The van der Waals surface area contributed by atoms with Crippen molar-refractivity contribution in [1.29, 1.82) is 0 Å². The van der Waals surface area contributed by atoms with E-state index < -0.39 is 0 Å². The minimum atomic E-state index is -0.0301. The van der Waals surface area contributed by atoms with E-state index >= 15 is 0 Å². The van der Waals surface area contributed by atoms with Crippen LogP contribution in [0.25, 0.3) is 0 Å². The van der Waals surface area contributed by atoms with Gasteiger partial charge in [0.15, 0.2) is 0 Å². The lowest BCUT2D eigenvalue weighted by molar-refractivity contribution is -0.129. The van der Waals surface area contributed by atoms with Gasteiger partial charge in [0.2, 0.25) is 11.9 Å². The van der Waals surface area contributed by atoms with Crippen LogP contribution in [0.1, 0.15) is 5.76 Å². The molecular formula is C11H15N5O2. The van der Waals surface area contributed by atoms with E-state index in [1.807, 2.05) is 12.1 Å². The Bertz CT molecular complexity index is 503. The molecule has 0 saturated heterocycles. The molecule has 7 heteroatoms. The molecule has 0 radical (unpaired) electrons. The number of anilines is 1. The molecule has 0 atom stereocenters. The third-order valence-electron chi connectivity index (χ3n) is 2.33. The van der Waals surface area contributed by atoms with Crippen molar-refractivity contribution in [3.05, 3.63) is 30.5 Å². The molecule has 96 valence electrons. The largest absolute Gasteiger partial charge is 0.467 e. The fourth-order valence-electron chi connectivity index (χ4n) is 1.31. The third kappa shape index (κ3) is 3.09. The highest BCUT2D eigenvalue weighted by Crippen LogP contribution is 2.04. The van der Waals surface area contributed by atoms with Crippen molar-refractivity contribution < 1.29 is 9.21 Å². The molecule has 0 bridgehead atoms. The fraction of sp³-hybridized carbons (Fsp3) is 0.364. The maximum atomic E-state index is 11.5. The van der Waals surface area contributed by atoms with Crippen LogP contribution in [0.4, 0.5) is 5.95 Å². The molecule has 2 aromatic heterocycles. The second-order valence-electron chi connectivity index (χ2n) is 3.99. The normalized spacial score (nSPS) is 10.3. The summed E-state index contributed by atoms with van der Waals surface area (Å²) >= 11 is 0. The zero-order valence-electron chi connectivity index (χ0n) is 10.3. The van der Waals surface area contributed by atoms with Crippen LogP contribution in [0.15, 0.2) is 29.1 Å². The van der Waals surface area contributed by atoms with Crippen molar-refractivity contribution in [3.8, 4) is 0 Å². The first-order chi connectivity index (χ1) is 8.65. The zero-order valence-corrected chi connectivity index (χ0v) is 10.3. The Balaban J connectivity index is 1.88. The second-order valence-corrected chi connectivity index (χ2v) is 3.99. The van der Waals surface area contributed by atoms with E-state index in [9.17, 15) is 4.79 Å². The lowest BCUT2D eigenvalue weighted by Gasteiger charge is -2.08. The van der Waals surface area contributed by atoms with E-state index in [-0.39, 0.29) is 12.5 Å². The van der Waals surface area contributed by atoms with Gasteiger partial charge in [0.05, 0.1) is 12.8 Å². The Labute approximate surface area is 104 Å². The topological polar surface area (TPSA) is 76.2 Å². The van der Waals surface area contributed by atoms with E-state index in [0.29, 0.717) is 12.5 Å². The Kier molecular flexibility index (Phi) is 3.61. The lowest BCUT2D eigenvalue weighted by atomic mass is 10.4. The number of furan rings is 1. The summed E-state index contributed by atoms with van der Waals surface area (Å²) in [7, 11) is 3.41. The zero-order chi connectivity index (χ0) is 13.0. The Hall–Kier alpha value is -2.31. The van der Waals surface area contributed by atoms with Crippen molar-refractivity contribution in [3.63, 3.8) is 0 Å². The minimum absolute atomic E-state index is 0.0301. The third-order valence-corrected chi connectivity index (χ3v) is 2.33. The molecule has 0 aliphatic rings. The van der Waals surface area contributed by atoms with Gasteiger partial charge >= 0.3 is 0 Å². The number of amides is 1. The van der Waals surface area contributed by atoms with Crippen LogP contribution in [0.2, 0.25) is 0 Å². The monoisotopic (exact) mass is 249 g/mol. The number of aromatic nitrogens is 3. The molecule has 0 aliphatic heterocycles. The average Bonchev–Trinajstić information content (AvgIpc) is 2.96. The maximum absolute atomic E-state index is 11.5. The molecule has 2 heterocycles. The van der Waals surface area contributed by atoms with Gasteiger partial charge in [-0.05, 0) is 12.1 Å². The van der Waals surface area contributed by atoms with E-state index in [1.165, 1.54) is 15.9 Å². The number of rotatable bonds is 5. The quantitative estimate of drug-likeness (QED) is 0.838. The van der Waals surface area contributed by atoms with Gasteiger partial charge in [0, 0.05) is 14.1 Å². The summed E-state index contributed by atoms with van der Waals surface area (Å²) < 4.78 is 6.67. The van der Waals surface area contributed by atoms with Gasteiger partial charge in [-0.25, -0.2) is 9.67 Å². The van der Waals surface area contributed by atoms with Crippen molar-refractivity contribution >= 4 is 11.9 Å². The van der Waals surface area contributed by atoms with E-state index in [0.717, 1.165) is 5.76 Å². The molecule has 0 fully saturated rings. The van der Waals surface area contributed by atoms with Gasteiger partial charge in [-0.1, -0.05) is 0 Å². The van der Waals surface area contributed by atoms with Crippen molar-refractivity contribution in [2.75, 3.05) is 19.4 Å². The molecule has 0 saturated carbocycles. The molecule has 0 aliphatic carbocycles. The first kappa shape index (κ1) is 12.2. The molecule has 18 heavy (non-hydrogen) atoms. The molecule has 0 spiro atoms. The number of hydrogen-bond acceptors (Lipinski definition) is 5. The Morgan fingerprint density at radius 1 is 1.56 bits per heavy atom. The molecule has 0 aromatic carbocycles. The van der Waals surface area contributed by atoms with Crippen molar-refractivity contribution in [2.45, 2.75) is 13.1 Å². The van der Waals surface area contributed by atoms with Crippen LogP contribution in [0.3, 0.4) is 0 Å². The lowest BCUT2D eigenvalue weighted by Crippen LogP contribution is -2.26. The first-order valence-corrected chi connectivity index (χ1v) is 5.51. The van der Waals surface area contributed by atoms with Gasteiger partial charge in [-0.3, -0.25) is 4.79 Å². The fourth-order valence-corrected chi connectivity index (χ4v) is 1.31. The first-order valence-electron chi connectivity index (χ1n) is 5.51. The predicted molar refractivity (Wildman–Crippen MR) is 64.8 cm³/mol. The van der Waals surface area contributed by atoms with Crippen LogP contribution >= 0.6 is 0 Å². The number of carbonyl (C=O) groups is 1. The van der Waals surface area contributed by atoms with Gasteiger partial charge < -0.3 is 14.6 Å². The van der Waals surface area contributed by atoms with Crippen LogP contribution in [-0.4, -0.2) is 39.7 Å². The SMILES string of the molecule is CN(C)C(=O)Cn1cnc(NCc2ccco2)n1. The number of nitrogens with one attached hydrogen (secondary N) is 1. The molecule has 1 amide bonds. The van der Waals surface area contributed by atoms with E-state index in [2.05, 4.69) is 15.4 Å². The highest BCUT2D eigenvalue weighted by atomic mass is 16.3. The van der Waals surface area contributed by atoms with Crippen LogP contribution in [0.5, 0.6) is 0 Å². The van der Waals surface area contributed by atoms with Crippen molar-refractivity contribution in [2.24, 2.45) is 0 Å². The summed E-state index contributed by atoms with van der Waals surface area (Å²) in [6, 6.07) is 3.68. The van der Waals surface area contributed by atoms with E-state index in [4.69, 9.17) is 4.42 Å². The second kappa shape index (κ2) is 5.35. The number of hydrogen-bond donors (Lipinski definition) is 1. The van der Waals surface area contributed by atoms with Crippen LogP contribution in [-0.2, 0) is 17.9 Å². The molecule has 0 unspecified atom stereocenters. The molecule has 2 aromatic rings. The summed E-state index contributed by atoms with van der Waals surface area (Å²) in [6.07, 6.45) is 3.13. The standard InChI is InChI=1S/C11H15N5O2/c1-15(2)10(17)7-16-8-13-11(14-16)12-6-9-4-3-5-18-9/h3-5,8H,6-7H2,1-2H3,(H,12,14). The summed E-state index contributed by atoms with van der Waals surface area (Å²) in [5.74, 6) is 1.24. The van der Waals surface area contributed by atoms with Crippen LogP contribution < -0.4 is 5.32 Å². The Morgan fingerprint density at radius 3 is 3.06 bits per heavy atom. The van der Waals surface area contributed by atoms with Gasteiger partial charge in [-0.15, -0.1) is 5.10 Å². The smallest absolute Gasteiger partial charge is 0.243 e. The number of nitrogens with zero attached hydrogens (tertiary/aromatic N) is 4. The summed E-state index contributed by atoms with van der Waals surface area (Å²) in [5, 5.41) is 7.15. The van der Waals surface area contributed by atoms with E-state index in [1.54, 1.807) is 20.4 Å². The van der Waals surface area contributed by atoms with Gasteiger partial charge in [0.25, 0.3) is 0 Å². The van der Waals surface area contributed by atoms with Gasteiger partial charge in [0.1, 0.15) is 18.6 Å². The predicted octanol–water partition coefficient (Wildman–Crippen LogP) is 0.571. The molecule has 1 N–H and O–H groups in total. The maximum Gasteiger partial charge on any atom is 0.243 e. The minimum Gasteiger partial charge on any atom is -0.467 e. The summed E-state index contributed by atoms with van der Waals surface area (Å²) in [6.45, 7) is 0.696. The molecular weight excluding hydrogens is 234 g/mol. The molecule has 2 rings (SSSR count). The Morgan fingerprint density at radius 2 is 2.39 bits per heavy atom. The number of carbonyl (C=O) groups excluding carboxylic acids is 1. The van der Waals surface area contributed by atoms with Crippen molar-refractivity contribution in [1.82, 2.24) is 19.7 Å². The highest BCUT2D eigenvalue weighted by Gasteiger charge is 2.07. The summed E-state index contributed by atoms with van der Waals surface area (Å²) in [4.78, 5) is 17.0.